The van der Waals surface area contributed by atoms with Gasteiger partial charge in [0.25, 0.3) is 5.91 Å². The number of halogens is 2. The molecule has 1 aliphatic rings. The van der Waals surface area contributed by atoms with E-state index >= 15 is 0 Å². The van der Waals surface area contributed by atoms with Crippen molar-refractivity contribution in [2.24, 2.45) is 5.92 Å². The molecule has 1 N–H and O–H groups in total. The lowest BCUT2D eigenvalue weighted by Gasteiger charge is -2.14. The van der Waals surface area contributed by atoms with Crippen molar-refractivity contribution in [3.63, 3.8) is 0 Å². The van der Waals surface area contributed by atoms with E-state index in [1.807, 2.05) is 0 Å². The van der Waals surface area contributed by atoms with Gasteiger partial charge in [-0.3, -0.25) is 4.79 Å². The van der Waals surface area contributed by atoms with Gasteiger partial charge in [-0.1, -0.05) is 22.8 Å². The molecule has 2 heterocycles. The summed E-state index contributed by atoms with van der Waals surface area (Å²) in [4.78, 5) is 21.4. The molecule has 6 nitrogen and oxygen atoms in total. The molecule has 0 bridgehead atoms. The Morgan fingerprint density at radius 3 is 2.78 bits per heavy atom. The molecule has 0 unspecified atom stereocenters. The average Bonchev–Trinajstić information content (AvgIpc) is 3.42. The molecule has 4 rings (SSSR count). The molecule has 0 aliphatic heterocycles. The minimum absolute atomic E-state index is 0.00503. The van der Waals surface area contributed by atoms with Crippen molar-refractivity contribution in [1.82, 2.24) is 20.4 Å². The molecule has 0 spiro atoms. The number of aryl methyl sites for hydroxylation is 1. The van der Waals surface area contributed by atoms with Crippen LogP contribution in [0.5, 0.6) is 0 Å². The number of aromatic nitrogens is 3. The van der Waals surface area contributed by atoms with E-state index in [0.717, 1.165) is 12.8 Å². The van der Waals surface area contributed by atoms with Crippen LogP contribution in [-0.4, -0.2) is 21.0 Å². The monoisotopic (exact) mass is 386 g/mol. The van der Waals surface area contributed by atoms with Crippen molar-refractivity contribution < 1.29 is 13.7 Å². The van der Waals surface area contributed by atoms with E-state index in [1.54, 1.807) is 31.2 Å². The van der Waals surface area contributed by atoms with Crippen LogP contribution in [0.4, 0.5) is 4.39 Å². The van der Waals surface area contributed by atoms with E-state index < -0.39 is 5.82 Å². The van der Waals surface area contributed by atoms with Crippen LogP contribution in [0.15, 0.2) is 40.9 Å². The third-order valence-corrected chi connectivity index (χ3v) is 4.69. The number of carbonyl (C=O) groups excluding carboxylic acids is 1. The normalized spacial score (nSPS) is 14.8. The van der Waals surface area contributed by atoms with Crippen molar-refractivity contribution in [3.05, 3.63) is 64.6 Å². The number of carbonyl (C=O) groups is 1. The van der Waals surface area contributed by atoms with Gasteiger partial charge < -0.3 is 9.84 Å². The summed E-state index contributed by atoms with van der Waals surface area (Å²) in [6, 6.07) is 9.10. The molecule has 138 valence electrons. The number of hydrogen-bond donors (Lipinski definition) is 1. The van der Waals surface area contributed by atoms with Crippen LogP contribution >= 0.6 is 11.6 Å². The molecule has 1 fully saturated rings. The Kier molecular flexibility index (Phi) is 4.61. The molecule has 3 aromatic rings. The van der Waals surface area contributed by atoms with E-state index in [1.165, 1.54) is 12.1 Å². The quantitative estimate of drug-likeness (QED) is 0.713. The molecular formula is C19H16ClFN4O2. The van der Waals surface area contributed by atoms with Crippen LogP contribution in [0.25, 0.3) is 11.3 Å². The molecule has 1 aliphatic carbocycles. The lowest BCUT2D eigenvalue weighted by atomic mass is 10.1. The molecule has 27 heavy (non-hydrogen) atoms. The second-order valence-corrected chi connectivity index (χ2v) is 6.90. The smallest absolute Gasteiger partial charge is 0.270 e. The first-order chi connectivity index (χ1) is 13.0. The van der Waals surface area contributed by atoms with Crippen molar-refractivity contribution in [2.75, 3.05) is 0 Å². The summed E-state index contributed by atoms with van der Waals surface area (Å²) in [5.41, 5.74) is 1.41. The van der Waals surface area contributed by atoms with Gasteiger partial charge in [-0.25, -0.2) is 9.37 Å². The van der Waals surface area contributed by atoms with Gasteiger partial charge in [0.15, 0.2) is 5.82 Å². The summed E-state index contributed by atoms with van der Waals surface area (Å²) in [5, 5.41) is 6.89. The first-order valence-corrected chi connectivity index (χ1v) is 8.92. The minimum atomic E-state index is -0.503. The number of hydrogen-bond acceptors (Lipinski definition) is 5. The van der Waals surface area contributed by atoms with Crippen LogP contribution in [0.1, 0.15) is 41.1 Å². The molecule has 1 atom stereocenters. The zero-order chi connectivity index (χ0) is 19.0. The van der Waals surface area contributed by atoms with E-state index in [4.69, 9.17) is 16.1 Å². The Bertz CT molecular complexity index is 1000. The fourth-order valence-electron chi connectivity index (χ4n) is 2.86. The number of pyridine rings is 1. The number of nitrogens with zero attached hydrogens (tertiary/aromatic N) is 3. The minimum Gasteiger partial charge on any atom is -0.340 e. The topological polar surface area (TPSA) is 80.9 Å². The summed E-state index contributed by atoms with van der Waals surface area (Å²) in [7, 11) is 0. The summed E-state index contributed by atoms with van der Waals surface area (Å²) in [6.45, 7) is 1.71. The van der Waals surface area contributed by atoms with Crippen LogP contribution in [0.3, 0.4) is 0 Å². The Morgan fingerprint density at radius 1 is 1.30 bits per heavy atom. The highest BCUT2D eigenvalue weighted by molar-refractivity contribution is 6.31. The second-order valence-electron chi connectivity index (χ2n) is 6.50. The maximum atomic E-state index is 13.4. The molecule has 1 amide bonds. The van der Waals surface area contributed by atoms with E-state index in [-0.39, 0.29) is 22.7 Å². The molecule has 2 aromatic heterocycles. The number of rotatable bonds is 5. The third kappa shape index (κ3) is 3.83. The van der Waals surface area contributed by atoms with Gasteiger partial charge in [0.1, 0.15) is 11.5 Å². The molecule has 8 heteroatoms. The maximum Gasteiger partial charge on any atom is 0.270 e. The third-order valence-electron chi connectivity index (χ3n) is 4.40. The van der Waals surface area contributed by atoms with E-state index in [2.05, 4.69) is 20.4 Å². The van der Waals surface area contributed by atoms with Crippen LogP contribution < -0.4 is 5.32 Å². The first kappa shape index (κ1) is 17.6. The zero-order valence-corrected chi connectivity index (χ0v) is 15.2. The molecular weight excluding hydrogens is 371 g/mol. The van der Waals surface area contributed by atoms with Crippen molar-refractivity contribution in [1.29, 1.82) is 0 Å². The molecule has 0 radical (unpaired) electrons. The summed E-state index contributed by atoms with van der Waals surface area (Å²) in [6.07, 6.45) is 2.00. The highest BCUT2D eigenvalue weighted by Gasteiger charge is 2.36. The Balaban J connectivity index is 1.57. The summed E-state index contributed by atoms with van der Waals surface area (Å²) < 4.78 is 18.4. The predicted octanol–water partition coefficient (Wildman–Crippen LogP) is 4.11. The van der Waals surface area contributed by atoms with Crippen molar-refractivity contribution in [3.8, 4) is 11.3 Å². The van der Waals surface area contributed by atoms with Crippen molar-refractivity contribution in [2.45, 2.75) is 25.8 Å². The number of nitrogens with one attached hydrogen (secondary N) is 1. The van der Waals surface area contributed by atoms with Gasteiger partial charge in [0.2, 0.25) is 5.89 Å². The van der Waals surface area contributed by atoms with E-state index in [0.29, 0.717) is 28.9 Å². The van der Waals surface area contributed by atoms with Gasteiger partial charge >= 0.3 is 0 Å². The number of amides is 1. The van der Waals surface area contributed by atoms with Gasteiger partial charge in [-0.2, -0.15) is 4.98 Å². The van der Waals surface area contributed by atoms with Crippen LogP contribution in [0, 0.1) is 18.7 Å². The van der Waals surface area contributed by atoms with Crippen molar-refractivity contribution >= 4 is 17.5 Å². The van der Waals surface area contributed by atoms with E-state index in [9.17, 15) is 9.18 Å². The highest BCUT2D eigenvalue weighted by atomic mass is 35.5. The Labute approximate surface area is 159 Å². The summed E-state index contributed by atoms with van der Waals surface area (Å²) in [5.74, 6) is 0.398. The first-order valence-electron chi connectivity index (χ1n) is 8.55. The second kappa shape index (κ2) is 7.08. The summed E-state index contributed by atoms with van der Waals surface area (Å²) >= 11 is 5.84. The van der Waals surface area contributed by atoms with Crippen LogP contribution in [0.2, 0.25) is 5.02 Å². The fraction of sp³-hybridized carbons (Fsp3) is 0.263. The highest BCUT2D eigenvalue weighted by Crippen LogP contribution is 2.40. The van der Waals surface area contributed by atoms with Crippen LogP contribution in [-0.2, 0) is 0 Å². The Morgan fingerprint density at radius 2 is 2.11 bits per heavy atom. The molecule has 1 aromatic carbocycles. The Hall–Kier alpha value is -2.80. The lowest BCUT2D eigenvalue weighted by molar-refractivity contribution is 0.0924. The molecule has 0 saturated heterocycles. The standard InChI is InChI=1S/C19H16ClFN4O2/c1-10-22-18(25-27-10)17(11-5-6-11)24-19(26)16-4-2-3-15(23-16)12-7-8-14(21)13(20)9-12/h2-4,7-9,11,17H,5-6H2,1H3,(H,24,26)/t17-/m0/s1. The fourth-order valence-corrected chi connectivity index (χ4v) is 3.04. The SMILES string of the molecule is Cc1nc([C@@H](NC(=O)c2cccc(-c3ccc(F)c(Cl)c3)n2)C2CC2)no1. The lowest BCUT2D eigenvalue weighted by Crippen LogP contribution is -2.31. The maximum absolute atomic E-state index is 13.4. The van der Waals surface area contributed by atoms with Gasteiger partial charge in [0.05, 0.1) is 16.8 Å². The largest absolute Gasteiger partial charge is 0.340 e. The van der Waals surface area contributed by atoms with Gasteiger partial charge in [-0.15, -0.1) is 0 Å². The zero-order valence-electron chi connectivity index (χ0n) is 14.4. The van der Waals surface area contributed by atoms with Gasteiger partial charge in [-0.05, 0) is 49.1 Å². The predicted molar refractivity (Wildman–Crippen MR) is 96.6 cm³/mol. The average molecular weight is 387 g/mol. The van der Waals surface area contributed by atoms with Gasteiger partial charge in [0, 0.05) is 12.5 Å². The molecule has 1 saturated carbocycles. The number of benzene rings is 1.